The normalized spacial score (nSPS) is 13.4. The largest absolute Gasteiger partial charge is 0.436 e. The number of benzene rings is 3. The van der Waals surface area contributed by atoms with Gasteiger partial charge in [-0.15, -0.1) is 0 Å². The predicted octanol–water partition coefficient (Wildman–Crippen LogP) is 6.22. The van der Waals surface area contributed by atoms with E-state index in [1.807, 2.05) is 42.0 Å². The van der Waals surface area contributed by atoms with E-state index in [0.717, 1.165) is 6.42 Å². The molecule has 3 aromatic rings. The number of para-hydroxylation sites is 1. The average Bonchev–Trinajstić information content (AvgIpc) is 2.92. The van der Waals surface area contributed by atoms with Crippen molar-refractivity contribution in [3.63, 3.8) is 0 Å². The van der Waals surface area contributed by atoms with Crippen molar-refractivity contribution in [3.05, 3.63) is 107 Å². The van der Waals surface area contributed by atoms with E-state index >= 15 is 0 Å². The Kier molecular flexibility index (Phi) is 6.21. The van der Waals surface area contributed by atoms with Crippen molar-refractivity contribution in [2.24, 2.45) is 0 Å². The van der Waals surface area contributed by atoms with Gasteiger partial charge in [-0.1, -0.05) is 85.0 Å². The van der Waals surface area contributed by atoms with Crippen molar-refractivity contribution in [3.8, 4) is 5.75 Å². The minimum Gasteiger partial charge on any atom is -0.436 e. The molecule has 4 rings (SSSR count). The molecule has 1 unspecified atom stereocenters. The smallest absolute Gasteiger partial charge is 0.317 e. The standard InChI is InChI=1S/C25H24NO2P/c1-26(29(27)28-22-12-3-2-4-13-22)19-9-16-25-23-14-7-5-10-20(23)17-18-21-11-6-8-15-24(21)25/h2-8,10-18,27H,9,19H2,1H3. The molecule has 146 valence electrons. The van der Waals surface area contributed by atoms with E-state index in [2.05, 4.69) is 66.8 Å². The zero-order valence-corrected chi connectivity index (χ0v) is 17.3. The first-order valence-electron chi connectivity index (χ1n) is 9.72. The molecule has 0 aromatic heterocycles. The Hall–Kier alpha value is -2.71. The molecule has 0 amide bonds. The second kappa shape index (κ2) is 9.19. The first-order valence-corrected chi connectivity index (χ1v) is 10.9. The Morgan fingerprint density at radius 2 is 1.38 bits per heavy atom. The molecule has 0 fully saturated rings. The maximum atomic E-state index is 10.4. The number of hydrogen-bond acceptors (Lipinski definition) is 3. The number of hydrogen-bond donors (Lipinski definition) is 1. The summed E-state index contributed by atoms with van der Waals surface area (Å²) in [5.41, 5.74) is 6.16. The van der Waals surface area contributed by atoms with Gasteiger partial charge in [0.15, 0.2) is 0 Å². The van der Waals surface area contributed by atoms with Crippen molar-refractivity contribution in [1.82, 2.24) is 4.67 Å². The molecule has 0 radical (unpaired) electrons. The van der Waals surface area contributed by atoms with Gasteiger partial charge in [-0.2, -0.15) is 0 Å². The van der Waals surface area contributed by atoms with Crippen molar-refractivity contribution < 1.29 is 9.42 Å². The van der Waals surface area contributed by atoms with Crippen LogP contribution in [0, 0.1) is 0 Å². The van der Waals surface area contributed by atoms with Crippen molar-refractivity contribution in [1.29, 1.82) is 0 Å². The third kappa shape index (κ3) is 4.65. The van der Waals surface area contributed by atoms with E-state index in [1.54, 1.807) is 0 Å². The fourth-order valence-electron chi connectivity index (χ4n) is 3.45. The van der Waals surface area contributed by atoms with E-state index < -0.39 is 8.53 Å². The third-order valence-corrected chi connectivity index (χ3v) is 6.13. The third-order valence-electron chi connectivity index (χ3n) is 4.97. The molecule has 1 aliphatic rings. The molecule has 1 N–H and O–H groups in total. The molecule has 4 heteroatoms. The van der Waals surface area contributed by atoms with Gasteiger partial charge in [0.1, 0.15) is 5.75 Å². The van der Waals surface area contributed by atoms with Crippen LogP contribution < -0.4 is 4.52 Å². The van der Waals surface area contributed by atoms with E-state index in [-0.39, 0.29) is 0 Å². The summed E-state index contributed by atoms with van der Waals surface area (Å²) in [7, 11) is 0.227. The first-order chi connectivity index (χ1) is 14.2. The summed E-state index contributed by atoms with van der Waals surface area (Å²) in [6.45, 7) is 0.705. The Bertz CT molecular complexity index is 978. The van der Waals surface area contributed by atoms with Crippen LogP contribution in [0.25, 0.3) is 17.7 Å². The molecule has 0 saturated carbocycles. The van der Waals surface area contributed by atoms with Gasteiger partial charge in [-0.3, -0.25) is 0 Å². The highest BCUT2D eigenvalue weighted by atomic mass is 31.2. The van der Waals surface area contributed by atoms with Gasteiger partial charge in [-0.25, -0.2) is 4.67 Å². The lowest BCUT2D eigenvalue weighted by molar-refractivity contribution is 0.386. The van der Waals surface area contributed by atoms with Crippen LogP contribution in [0.5, 0.6) is 5.75 Å². The molecule has 0 spiro atoms. The van der Waals surface area contributed by atoms with E-state index in [4.69, 9.17) is 4.52 Å². The molecule has 1 atom stereocenters. The van der Waals surface area contributed by atoms with Crippen LogP contribution >= 0.6 is 8.53 Å². The summed E-state index contributed by atoms with van der Waals surface area (Å²) in [5, 5.41) is 0. The highest BCUT2D eigenvalue weighted by Gasteiger charge is 2.16. The monoisotopic (exact) mass is 401 g/mol. The van der Waals surface area contributed by atoms with Gasteiger partial charge in [0.05, 0.1) is 0 Å². The fraction of sp³-hybridized carbons (Fsp3) is 0.120. The molecular weight excluding hydrogens is 377 g/mol. The molecule has 3 aromatic carbocycles. The lowest BCUT2D eigenvalue weighted by Crippen LogP contribution is -2.15. The molecule has 0 saturated heterocycles. The molecule has 0 heterocycles. The maximum Gasteiger partial charge on any atom is 0.317 e. The lowest BCUT2D eigenvalue weighted by atomic mass is 9.93. The summed E-state index contributed by atoms with van der Waals surface area (Å²) in [4.78, 5) is 10.4. The lowest BCUT2D eigenvalue weighted by Gasteiger charge is -2.21. The topological polar surface area (TPSA) is 32.7 Å². The summed E-state index contributed by atoms with van der Waals surface area (Å²) >= 11 is 0. The summed E-state index contributed by atoms with van der Waals surface area (Å²) in [6, 6.07) is 26.4. The Labute approximate surface area is 173 Å². The van der Waals surface area contributed by atoms with Crippen molar-refractivity contribution in [2.45, 2.75) is 6.42 Å². The second-order valence-corrected chi connectivity index (χ2v) is 8.32. The second-order valence-electron chi connectivity index (χ2n) is 6.95. The number of nitrogens with zero attached hydrogens (tertiary/aromatic N) is 1. The molecular formula is C25H24NO2P. The highest BCUT2D eigenvalue weighted by molar-refractivity contribution is 7.43. The summed E-state index contributed by atoms with van der Waals surface area (Å²) in [6.07, 6.45) is 7.45. The summed E-state index contributed by atoms with van der Waals surface area (Å²) in [5.74, 6) is 0.684. The molecule has 29 heavy (non-hydrogen) atoms. The summed E-state index contributed by atoms with van der Waals surface area (Å²) < 4.78 is 7.53. The minimum absolute atomic E-state index is 0.684. The molecule has 1 aliphatic carbocycles. The van der Waals surface area contributed by atoms with Crippen molar-refractivity contribution >= 4 is 26.3 Å². The van der Waals surface area contributed by atoms with Gasteiger partial charge in [0.2, 0.25) is 0 Å². The Morgan fingerprint density at radius 3 is 2.00 bits per heavy atom. The van der Waals surface area contributed by atoms with Gasteiger partial charge in [-0.05, 0) is 53.4 Å². The molecule has 0 bridgehead atoms. The van der Waals surface area contributed by atoms with Crippen LogP contribution in [0.4, 0.5) is 0 Å². The van der Waals surface area contributed by atoms with Gasteiger partial charge in [0.25, 0.3) is 0 Å². The SMILES string of the molecule is CN(CCC=C1c2ccccc2C=Cc2ccccc21)P(O)Oc1ccccc1. The minimum atomic E-state index is -1.67. The van der Waals surface area contributed by atoms with Crippen LogP contribution in [0.15, 0.2) is 84.9 Å². The predicted molar refractivity (Wildman–Crippen MR) is 122 cm³/mol. The Morgan fingerprint density at radius 1 is 0.828 bits per heavy atom. The van der Waals surface area contributed by atoms with Crippen LogP contribution in [-0.4, -0.2) is 23.2 Å². The van der Waals surface area contributed by atoms with Crippen LogP contribution in [0.1, 0.15) is 28.7 Å². The van der Waals surface area contributed by atoms with Gasteiger partial charge < -0.3 is 9.42 Å². The fourth-order valence-corrected chi connectivity index (χ4v) is 4.18. The van der Waals surface area contributed by atoms with Crippen LogP contribution in [0.3, 0.4) is 0 Å². The van der Waals surface area contributed by atoms with Gasteiger partial charge >= 0.3 is 8.53 Å². The maximum absolute atomic E-state index is 10.4. The average molecular weight is 401 g/mol. The highest BCUT2D eigenvalue weighted by Crippen LogP contribution is 2.37. The van der Waals surface area contributed by atoms with E-state index in [0.29, 0.717) is 12.3 Å². The zero-order chi connectivity index (χ0) is 20.1. The van der Waals surface area contributed by atoms with E-state index in [1.165, 1.54) is 27.8 Å². The Balaban J connectivity index is 1.51. The van der Waals surface area contributed by atoms with Crippen molar-refractivity contribution in [2.75, 3.05) is 13.6 Å². The zero-order valence-electron chi connectivity index (χ0n) is 16.4. The van der Waals surface area contributed by atoms with Crippen LogP contribution in [-0.2, 0) is 0 Å². The molecule has 0 aliphatic heterocycles. The number of fused-ring (bicyclic) bond motifs is 2. The van der Waals surface area contributed by atoms with E-state index in [9.17, 15) is 4.89 Å². The molecule has 3 nitrogen and oxygen atoms in total. The van der Waals surface area contributed by atoms with Crippen LogP contribution in [0.2, 0.25) is 0 Å². The van der Waals surface area contributed by atoms with Gasteiger partial charge in [0, 0.05) is 6.54 Å². The first kappa shape index (κ1) is 19.6. The quantitative estimate of drug-likeness (QED) is 0.389. The number of rotatable bonds is 6.